The molecule has 2 rings (SSSR count). The Bertz CT molecular complexity index is 619. The van der Waals surface area contributed by atoms with Crippen LogP contribution in [-0.4, -0.2) is 43.2 Å². The van der Waals surface area contributed by atoms with Gasteiger partial charge in [0.1, 0.15) is 17.8 Å². The quantitative estimate of drug-likeness (QED) is 0.754. The van der Waals surface area contributed by atoms with Gasteiger partial charge >= 0.3 is 0 Å². The zero-order valence-electron chi connectivity index (χ0n) is 13.5. The van der Waals surface area contributed by atoms with E-state index >= 15 is 0 Å². The highest BCUT2D eigenvalue weighted by Crippen LogP contribution is 2.13. The first-order valence-electron chi connectivity index (χ1n) is 7.55. The molecule has 0 radical (unpaired) electrons. The number of nitrogens with zero attached hydrogens (tertiary/aromatic N) is 3. The SMILES string of the molecule is COCCCNC(=O)c1cc(N(C)Cc2ccccc2)ncn1. The highest BCUT2D eigenvalue weighted by molar-refractivity contribution is 5.92. The van der Waals surface area contributed by atoms with E-state index in [9.17, 15) is 4.79 Å². The van der Waals surface area contributed by atoms with E-state index in [1.807, 2.05) is 30.1 Å². The number of carbonyl (C=O) groups is 1. The van der Waals surface area contributed by atoms with Gasteiger partial charge in [-0.2, -0.15) is 0 Å². The fourth-order valence-electron chi connectivity index (χ4n) is 2.13. The first-order chi connectivity index (χ1) is 11.2. The van der Waals surface area contributed by atoms with Crippen LogP contribution in [-0.2, 0) is 11.3 Å². The lowest BCUT2D eigenvalue weighted by atomic mass is 10.2. The maximum absolute atomic E-state index is 12.1. The Morgan fingerprint density at radius 3 is 2.78 bits per heavy atom. The Balaban J connectivity index is 1.97. The Morgan fingerprint density at radius 1 is 1.26 bits per heavy atom. The van der Waals surface area contributed by atoms with Gasteiger partial charge in [0.05, 0.1) is 0 Å². The second-order valence-corrected chi connectivity index (χ2v) is 5.21. The lowest BCUT2D eigenvalue weighted by Gasteiger charge is -2.18. The molecule has 2 aromatic rings. The molecular formula is C17H22N4O2. The van der Waals surface area contributed by atoms with E-state index in [1.54, 1.807) is 13.2 Å². The predicted octanol–water partition coefficient (Wildman–Crippen LogP) is 1.88. The summed E-state index contributed by atoms with van der Waals surface area (Å²) in [5.74, 6) is 0.517. The van der Waals surface area contributed by atoms with Gasteiger partial charge in [-0.25, -0.2) is 9.97 Å². The second kappa shape index (κ2) is 8.85. The number of ether oxygens (including phenoxy) is 1. The van der Waals surface area contributed by atoms with Gasteiger partial charge in [-0.05, 0) is 12.0 Å². The highest BCUT2D eigenvalue weighted by atomic mass is 16.5. The number of carbonyl (C=O) groups excluding carboxylic acids is 1. The van der Waals surface area contributed by atoms with Crippen molar-refractivity contribution in [1.82, 2.24) is 15.3 Å². The van der Waals surface area contributed by atoms with E-state index in [4.69, 9.17) is 4.74 Å². The van der Waals surface area contributed by atoms with Gasteiger partial charge in [-0.15, -0.1) is 0 Å². The molecule has 0 saturated heterocycles. The summed E-state index contributed by atoms with van der Waals surface area (Å²) in [6.45, 7) is 1.90. The minimum Gasteiger partial charge on any atom is -0.385 e. The first-order valence-corrected chi connectivity index (χ1v) is 7.55. The molecule has 1 aromatic carbocycles. The molecule has 0 aliphatic carbocycles. The number of hydrogen-bond acceptors (Lipinski definition) is 5. The van der Waals surface area contributed by atoms with Crippen LogP contribution in [0.4, 0.5) is 5.82 Å². The molecule has 0 saturated carbocycles. The fourth-order valence-corrected chi connectivity index (χ4v) is 2.13. The van der Waals surface area contributed by atoms with Gasteiger partial charge in [0.2, 0.25) is 0 Å². The average Bonchev–Trinajstić information content (AvgIpc) is 2.59. The maximum atomic E-state index is 12.1. The number of benzene rings is 1. The molecule has 1 amide bonds. The van der Waals surface area contributed by atoms with E-state index in [0.29, 0.717) is 31.2 Å². The van der Waals surface area contributed by atoms with E-state index in [0.717, 1.165) is 6.42 Å². The maximum Gasteiger partial charge on any atom is 0.270 e. The Kier molecular flexibility index (Phi) is 6.50. The molecule has 6 heteroatoms. The predicted molar refractivity (Wildman–Crippen MR) is 89.4 cm³/mol. The summed E-state index contributed by atoms with van der Waals surface area (Å²) in [6, 6.07) is 11.8. The summed E-state index contributed by atoms with van der Waals surface area (Å²) < 4.78 is 4.95. The normalized spacial score (nSPS) is 10.3. The minimum atomic E-state index is -0.196. The Labute approximate surface area is 136 Å². The molecule has 0 bridgehead atoms. The molecule has 1 N–H and O–H groups in total. The molecule has 6 nitrogen and oxygen atoms in total. The fraction of sp³-hybridized carbons (Fsp3) is 0.353. The third-order valence-electron chi connectivity index (χ3n) is 3.35. The lowest BCUT2D eigenvalue weighted by Crippen LogP contribution is -2.27. The molecule has 122 valence electrons. The van der Waals surface area contributed by atoms with Crippen molar-refractivity contribution in [2.45, 2.75) is 13.0 Å². The number of hydrogen-bond donors (Lipinski definition) is 1. The topological polar surface area (TPSA) is 67.3 Å². The van der Waals surface area contributed by atoms with Gasteiger partial charge in [0.25, 0.3) is 5.91 Å². The lowest BCUT2D eigenvalue weighted by molar-refractivity contribution is 0.0943. The summed E-state index contributed by atoms with van der Waals surface area (Å²) in [6.07, 6.45) is 2.19. The number of anilines is 1. The summed E-state index contributed by atoms with van der Waals surface area (Å²) in [7, 11) is 3.58. The van der Waals surface area contributed by atoms with Crippen LogP contribution in [0.5, 0.6) is 0 Å². The largest absolute Gasteiger partial charge is 0.385 e. The van der Waals surface area contributed by atoms with E-state index in [-0.39, 0.29) is 5.91 Å². The van der Waals surface area contributed by atoms with Crippen LogP contribution in [0.25, 0.3) is 0 Å². The molecule has 0 spiro atoms. The van der Waals surface area contributed by atoms with Crippen LogP contribution in [0.2, 0.25) is 0 Å². The van der Waals surface area contributed by atoms with Crippen molar-refractivity contribution in [3.05, 3.63) is 54.0 Å². The molecular weight excluding hydrogens is 292 g/mol. The number of methoxy groups -OCH3 is 1. The number of amides is 1. The molecule has 0 fully saturated rings. The van der Waals surface area contributed by atoms with E-state index in [1.165, 1.54) is 11.9 Å². The summed E-state index contributed by atoms with van der Waals surface area (Å²) >= 11 is 0. The highest BCUT2D eigenvalue weighted by Gasteiger charge is 2.10. The summed E-state index contributed by atoms with van der Waals surface area (Å²) in [4.78, 5) is 22.4. The van der Waals surface area contributed by atoms with Gasteiger partial charge in [-0.1, -0.05) is 30.3 Å². The van der Waals surface area contributed by atoms with E-state index < -0.39 is 0 Å². The van der Waals surface area contributed by atoms with Crippen molar-refractivity contribution < 1.29 is 9.53 Å². The van der Waals surface area contributed by atoms with Gasteiger partial charge in [0, 0.05) is 39.9 Å². The molecule has 0 unspecified atom stereocenters. The monoisotopic (exact) mass is 314 g/mol. The third-order valence-corrected chi connectivity index (χ3v) is 3.35. The Morgan fingerprint density at radius 2 is 2.04 bits per heavy atom. The van der Waals surface area contributed by atoms with Crippen LogP contribution in [0.3, 0.4) is 0 Å². The van der Waals surface area contributed by atoms with Crippen molar-refractivity contribution in [3.63, 3.8) is 0 Å². The van der Waals surface area contributed by atoms with Crippen molar-refractivity contribution in [2.24, 2.45) is 0 Å². The summed E-state index contributed by atoms with van der Waals surface area (Å²) in [5.41, 5.74) is 1.55. The van der Waals surface area contributed by atoms with Crippen LogP contribution < -0.4 is 10.2 Å². The van der Waals surface area contributed by atoms with Crippen molar-refractivity contribution in [3.8, 4) is 0 Å². The van der Waals surface area contributed by atoms with Crippen LogP contribution in [0.1, 0.15) is 22.5 Å². The van der Waals surface area contributed by atoms with Crippen LogP contribution in [0.15, 0.2) is 42.7 Å². The average molecular weight is 314 g/mol. The van der Waals surface area contributed by atoms with E-state index in [2.05, 4.69) is 27.4 Å². The molecule has 0 aliphatic heterocycles. The minimum absolute atomic E-state index is 0.196. The van der Waals surface area contributed by atoms with Crippen LogP contribution >= 0.6 is 0 Å². The van der Waals surface area contributed by atoms with Crippen LogP contribution in [0, 0.1) is 0 Å². The standard InChI is InChI=1S/C17H22N4O2/c1-21(12-14-7-4-3-5-8-14)16-11-15(19-13-20-16)17(22)18-9-6-10-23-2/h3-5,7-8,11,13H,6,9-10,12H2,1-2H3,(H,18,22). The molecule has 0 atom stereocenters. The zero-order chi connectivity index (χ0) is 16.5. The van der Waals surface area contributed by atoms with Crippen molar-refractivity contribution in [2.75, 3.05) is 32.2 Å². The number of rotatable bonds is 8. The number of nitrogens with one attached hydrogen (secondary N) is 1. The zero-order valence-corrected chi connectivity index (χ0v) is 13.5. The van der Waals surface area contributed by atoms with Gasteiger partial charge in [-0.3, -0.25) is 4.79 Å². The third kappa shape index (κ3) is 5.34. The van der Waals surface area contributed by atoms with Gasteiger partial charge in [0.15, 0.2) is 0 Å². The second-order valence-electron chi connectivity index (χ2n) is 5.21. The molecule has 1 aromatic heterocycles. The summed E-state index contributed by atoms with van der Waals surface area (Å²) in [5, 5.41) is 2.82. The van der Waals surface area contributed by atoms with Crippen molar-refractivity contribution in [1.29, 1.82) is 0 Å². The molecule has 0 aliphatic rings. The first kappa shape index (κ1) is 16.9. The molecule has 23 heavy (non-hydrogen) atoms. The smallest absolute Gasteiger partial charge is 0.270 e. The van der Waals surface area contributed by atoms with Gasteiger partial charge < -0.3 is 15.0 Å². The Hall–Kier alpha value is -2.47. The molecule has 1 heterocycles. The number of aromatic nitrogens is 2. The van der Waals surface area contributed by atoms with Crippen molar-refractivity contribution >= 4 is 11.7 Å².